The average molecular weight is 422 g/mol. The molecule has 4 rings (SSSR count). The molecular weight excluding hydrogens is 401 g/mol. The molecule has 2 aliphatic rings. The van der Waals surface area contributed by atoms with E-state index in [1.165, 1.54) is 12.1 Å². The predicted molar refractivity (Wildman–Crippen MR) is 101 cm³/mol. The fraction of sp³-hybridized carbons (Fsp3) is 0.450. The molecule has 0 radical (unpaired) electrons. The van der Waals surface area contributed by atoms with Crippen LogP contribution in [0.15, 0.2) is 27.5 Å². The lowest BCUT2D eigenvalue weighted by Crippen LogP contribution is -2.26. The molecule has 0 amide bonds. The van der Waals surface area contributed by atoms with Crippen LogP contribution < -0.4 is 10.3 Å². The van der Waals surface area contributed by atoms with Crippen LogP contribution in [0, 0.1) is 11.7 Å². The van der Waals surface area contributed by atoms with Crippen LogP contribution in [0.3, 0.4) is 0 Å². The zero-order chi connectivity index (χ0) is 18.4. The first-order valence-electron chi connectivity index (χ1n) is 9.07. The summed E-state index contributed by atoms with van der Waals surface area (Å²) in [4.78, 5) is 12.7. The molecule has 2 bridgehead atoms. The summed E-state index contributed by atoms with van der Waals surface area (Å²) in [5.41, 5.74) is 0.952. The van der Waals surface area contributed by atoms with Gasteiger partial charge in [-0.25, -0.2) is 8.96 Å². The van der Waals surface area contributed by atoms with Gasteiger partial charge in [0.1, 0.15) is 11.6 Å². The molecule has 2 aromatic rings. The fourth-order valence-electron chi connectivity index (χ4n) is 4.00. The van der Waals surface area contributed by atoms with Gasteiger partial charge in [0.05, 0.1) is 16.3 Å². The van der Waals surface area contributed by atoms with Crippen molar-refractivity contribution in [3.63, 3.8) is 0 Å². The zero-order valence-electron chi connectivity index (χ0n) is 14.6. The molecule has 6 heteroatoms. The van der Waals surface area contributed by atoms with Gasteiger partial charge in [-0.15, -0.1) is 0 Å². The third-order valence-electron chi connectivity index (χ3n) is 5.40. The van der Waals surface area contributed by atoms with E-state index in [4.69, 9.17) is 4.74 Å². The highest BCUT2D eigenvalue weighted by Gasteiger charge is 2.25. The highest BCUT2D eigenvalue weighted by Crippen LogP contribution is 2.36. The van der Waals surface area contributed by atoms with Crippen molar-refractivity contribution >= 4 is 15.9 Å². The lowest BCUT2D eigenvalue weighted by atomic mass is 9.97. The fourth-order valence-corrected chi connectivity index (χ4v) is 4.41. The van der Waals surface area contributed by atoms with Crippen LogP contribution in [0.4, 0.5) is 4.39 Å². The van der Waals surface area contributed by atoms with E-state index < -0.39 is 5.82 Å². The van der Waals surface area contributed by atoms with Gasteiger partial charge >= 0.3 is 0 Å². The average Bonchev–Trinajstić information content (AvgIpc) is 3.02. The zero-order valence-corrected chi connectivity index (χ0v) is 16.2. The number of rotatable bonds is 3. The van der Waals surface area contributed by atoms with E-state index in [9.17, 15) is 14.3 Å². The van der Waals surface area contributed by atoms with Crippen molar-refractivity contribution in [2.24, 2.45) is 5.92 Å². The Bertz CT molecular complexity index is 924. The standard InChI is InChI=1S/C20H21BrFNO3/c1-11-5-6-14(7-11)26-18-10-17(16(22)9-15(18)21)23-19(24)12-3-2-4-13(8-12)20(23)25/h8-11,14,24H,2-7H2,1H3. The van der Waals surface area contributed by atoms with E-state index >= 15 is 0 Å². The molecule has 0 saturated heterocycles. The van der Waals surface area contributed by atoms with Gasteiger partial charge in [0.2, 0.25) is 5.88 Å². The summed E-state index contributed by atoms with van der Waals surface area (Å²) < 4.78 is 22.3. The number of pyridine rings is 1. The minimum absolute atomic E-state index is 0.0294. The molecule has 0 spiro atoms. The van der Waals surface area contributed by atoms with Crippen LogP contribution >= 0.6 is 15.9 Å². The Morgan fingerprint density at radius 1 is 1.23 bits per heavy atom. The Morgan fingerprint density at radius 2 is 2.00 bits per heavy atom. The molecular formula is C20H21BrFNO3. The third-order valence-corrected chi connectivity index (χ3v) is 6.02. The van der Waals surface area contributed by atoms with Crippen LogP contribution in [-0.2, 0) is 12.8 Å². The number of benzene rings is 1. The number of aromatic hydroxyl groups is 1. The SMILES string of the molecule is CC1CCC(Oc2cc(-n3c(O)c4cc(c3=O)CCC4)c(F)cc2Br)C1. The minimum atomic E-state index is -0.579. The van der Waals surface area contributed by atoms with E-state index in [1.54, 1.807) is 6.07 Å². The Hall–Kier alpha value is -1.82. The number of aryl methyl sites for hydroxylation is 2. The van der Waals surface area contributed by atoms with Crippen molar-refractivity contribution in [3.8, 4) is 17.3 Å². The number of hydrogen-bond donors (Lipinski definition) is 1. The molecule has 2 atom stereocenters. The lowest BCUT2D eigenvalue weighted by Gasteiger charge is -2.20. The van der Waals surface area contributed by atoms with Gasteiger partial charge in [-0.1, -0.05) is 6.92 Å². The second-order valence-corrected chi connectivity index (χ2v) is 8.26. The number of nitrogens with zero attached hydrogens (tertiary/aromatic N) is 1. The Balaban J connectivity index is 1.79. The summed E-state index contributed by atoms with van der Waals surface area (Å²) >= 11 is 3.35. The molecule has 1 aromatic carbocycles. The molecule has 138 valence electrons. The number of aromatic nitrogens is 1. The first-order chi connectivity index (χ1) is 12.4. The Morgan fingerprint density at radius 3 is 2.73 bits per heavy atom. The lowest BCUT2D eigenvalue weighted by molar-refractivity contribution is 0.204. The molecule has 2 unspecified atom stereocenters. The van der Waals surface area contributed by atoms with Crippen molar-refractivity contribution in [2.75, 3.05) is 0 Å². The van der Waals surface area contributed by atoms with Crippen molar-refractivity contribution in [3.05, 3.63) is 50.0 Å². The molecule has 1 aromatic heterocycles. The van der Waals surface area contributed by atoms with Crippen LogP contribution in [-0.4, -0.2) is 15.8 Å². The highest BCUT2D eigenvalue weighted by atomic mass is 79.9. The van der Waals surface area contributed by atoms with E-state index in [0.717, 1.165) is 30.3 Å². The number of hydrogen-bond acceptors (Lipinski definition) is 3. The van der Waals surface area contributed by atoms with Crippen molar-refractivity contribution in [1.29, 1.82) is 0 Å². The molecule has 26 heavy (non-hydrogen) atoms. The molecule has 1 heterocycles. The van der Waals surface area contributed by atoms with Gasteiger partial charge < -0.3 is 9.84 Å². The topological polar surface area (TPSA) is 51.5 Å². The van der Waals surface area contributed by atoms with Gasteiger partial charge in [0, 0.05) is 17.2 Å². The molecule has 4 nitrogen and oxygen atoms in total. The summed E-state index contributed by atoms with van der Waals surface area (Å²) in [6.45, 7) is 2.19. The van der Waals surface area contributed by atoms with Crippen LogP contribution in [0.1, 0.15) is 43.7 Å². The van der Waals surface area contributed by atoms with E-state index in [-0.39, 0.29) is 23.2 Å². The maximum Gasteiger partial charge on any atom is 0.261 e. The molecule has 1 N–H and O–H groups in total. The second kappa shape index (κ2) is 6.72. The number of halogens is 2. The van der Waals surface area contributed by atoms with Crippen molar-refractivity contribution in [1.82, 2.24) is 4.57 Å². The Kier molecular flexibility index (Phi) is 4.55. The van der Waals surface area contributed by atoms with Crippen molar-refractivity contribution < 1.29 is 14.2 Å². The molecule has 2 aliphatic carbocycles. The normalized spacial score (nSPS) is 21.8. The van der Waals surface area contributed by atoms with E-state index in [0.29, 0.717) is 40.1 Å². The molecule has 0 aliphatic heterocycles. The largest absolute Gasteiger partial charge is 0.494 e. The van der Waals surface area contributed by atoms with Gasteiger partial charge in [0.25, 0.3) is 5.56 Å². The van der Waals surface area contributed by atoms with Crippen LogP contribution in [0.2, 0.25) is 0 Å². The summed E-state index contributed by atoms with van der Waals surface area (Å²) in [5.74, 6) is 0.350. The quantitative estimate of drug-likeness (QED) is 0.793. The summed E-state index contributed by atoms with van der Waals surface area (Å²) in [5, 5.41) is 10.5. The van der Waals surface area contributed by atoms with E-state index in [2.05, 4.69) is 22.9 Å². The Labute approximate surface area is 159 Å². The third kappa shape index (κ3) is 3.04. The maximum absolute atomic E-state index is 14.7. The number of ether oxygens (including phenoxy) is 1. The van der Waals surface area contributed by atoms with Gasteiger partial charge in [-0.05, 0) is 72.5 Å². The summed E-state index contributed by atoms with van der Waals surface area (Å²) in [7, 11) is 0. The van der Waals surface area contributed by atoms with Gasteiger partial charge in [-0.2, -0.15) is 0 Å². The molecule has 1 fully saturated rings. The molecule has 1 saturated carbocycles. The monoisotopic (exact) mass is 421 g/mol. The van der Waals surface area contributed by atoms with Crippen molar-refractivity contribution in [2.45, 2.75) is 51.6 Å². The highest BCUT2D eigenvalue weighted by molar-refractivity contribution is 9.10. The van der Waals surface area contributed by atoms with Gasteiger partial charge in [-0.3, -0.25) is 4.79 Å². The first-order valence-corrected chi connectivity index (χ1v) is 9.86. The van der Waals surface area contributed by atoms with E-state index in [1.807, 2.05) is 0 Å². The van der Waals surface area contributed by atoms with Gasteiger partial charge in [0.15, 0.2) is 0 Å². The van der Waals surface area contributed by atoms with Crippen LogP contribution in [0.5, 0.6) is 11.6 Å². The minimum Gasteiger partial charge on any atom is -0.494 e. The second-order valence-electron chi connectivity index (χ2n) is 7.40. The first kappa shape index (κ1) is 17.6. The summed E-state index contributed by atoms with van der Waals surface area (Å²) in [6.07, 6.45) is 5.28. The summed E-state index contributed by atoms with van der Waals surface area (Å²) in [6, 6.07) is 4.54. The number of fused-ring (bicyclic) bond motifs is 2. The smallest absolute Gasteiger partial charge is 0.261 e. The maximum atomic E-state index is 14.7. The predicted octanol–water partition coefficient (Wildman–Crippen LogP) is 4.50. The van der Waals surface area contributed by atoms with Crippen LogP contribution in [0.25, 0.3) is 5.69 Å².